The second-order valence-electron chi connectivity index (χ2n) is 6.37. The van der Waals surface area contributed by atoms with E-state index < -0.39 is 0 Å². The first-order valence-electron chi connectivity index (χ1n) is 6.92. The third-order valence-electron chi connectivity index (χ3n) is 3.95. The van der Waals surface area contributed by atoms with Crippen LogP contribution in [0.1, 0.15) is 59.3 Å². The highest BCUT2D eigenvalue weighted by Gasteiger charge is 2.31. The minimum Gasteiger partial charge on any atom is -0.370 e. The molecule has 3 N–H and O–H groups in total. The van der Waals surface area contributed by atoms with Gasteiger partial charge in [-0.05, 0) is 50.0 Å². The van der Waals surface area contributed by atoms with Gasteiger partial charge < -0.3 is 11.1 Å². The first kappa shape index (κ1) is 14.5. The largest absolute Gasteiger partial charge is 0.370 e. The van der Waals surface area contributed by atoms with Gasteiger partial charge in [-0.2, -0.15) is 0 Å². The number of unbranched alkanes of at least 4 members (excludes halogenated alkanes) is 1. The summed E-state index contributed by atoms with van der Waals surface area (Å²) in [5.41, 5.74) is 5.63. The number of nitrogens with one attached hydrogen (secondary N) is 1. The summed E-state index contributed by atoms with van der Waals surface area (Å²) in [5, 5.41) is 3.63. The Morgan fingerprint density at radius 2 is 2.12 bits per heavy atom. The smallest absolute Gasteiger partial charge is 0.217 e. The summed E-state index contributed by atoms with van der Waals surface area (Å²) in [6.45, 7) is 8.10. The highest BCUT2D eigenvalue weighted by molar-refractivity contribution is 5.73. The van der Waals surface area contributed by atoms with Crippen LogP contribution in [0.3, 0.4) is 0 Å². The second kappa shape index (κ2) is 6.39. The Morgan fingerprint density at radius 1 is 1.41 bits per heavy atom. The van der Waals surface area contributed by atoms with E-state index in [1.807, 2.05) is 0 Å². The van der Waals surface area contributed by atoms with Crippen molar-refractivity contribution in [3.8, 4) is 0 Å². The van der Waals surface area contributed by atoms with Gasteiger partial charge in [-0.1, -0.05) is 20.8 Å². The van der Waals surface area contributed by atoms with E-state index in [1.165, 1.54) is 19.3 Å². The summed E-state index contributed by atoms with van der Waals surface area (Å²) in [5.74, 6) is 0.577. The van der Waals surface area contributed by atoms with E-state index in [0.717, 1.165) is 25.3 Å². The fourth-order valence-corrected chi connectivity index (χ4v) is 2.96. The van der Waals surface area contributed by atoms with Crippen molar-refractivity contribution in [3.63, 3.8) is 0 Å². The highest BCUT2D eigenvalue weighted by Crippen LogP contribution is 2.38. The highest BCUT2D eigenvalue weighted by atomic mass is 16.1. The summed E-state index contributed by atoms with van der Waals surface area (Å²) in [6.07, 6.45) is 6.39. The molecule has 3 nitrogen and oxygen atoms in total. The molecule has 1 saturated carbocycles. The van der Waals surface area contributed by atoms with Crippen LogP contribution < -0.4 is 11.1 Å². The van der Waals surface area contributed by atoms with E-state index >= 15 is 0 Å². The Hall–Kier alpha value is -0.570. The van der Waals surface area contributed by atoms with E-state index in [1.54, 1.807) is 0 Å². The predicted octanol–water partition coefficient (Wildman–Crippen LogP) is 2.45. The topological polar surface area (TPSA) is 55.1 Å². The van der Waals surface area contributed by atoms with E-state index in [-0.39, 0.29) is 5.91 Å². The normalized spacial score (nSPS) is 27.9. The molecular weight excluding hydrogens is 212 g/mol. The van der Waals surface area contributed by atoms with E-state index in [2.05, 4.69) is 26.1 Å². The first-order valence-corrected chi connectivity index (χ1v) is 6.92. The van der Waals surface area contributed by atoms with Crippen molar-refractivity contribution >= 4 is 5.91 Å². The van der Waals surface area contributed by atoms with Crippen LogP contribution in [0.4, 0.5) is 0 Å². The molecule has 1 fully saturated rings. The van der Waals surface area contributed by atoms with Crippen LogP contribution in [-0.4, -0.2) is 18.5 Å². The van der Waals surface area contributed by atoms with Crippen LogP contribution in [0, 0.1) is 11.3 Å². The molecule has 0 aliphatic heterocycles. The molecule has 2 unspecified atom stereocenters. The maximum absolute atomic E-state index is 10.6. The lowest BCUT2D eigenvalue weighted by atomic mass is 9.70. The second-order valence-corrected chi connectivity index (χ2v) is 6.37. The molecule has 1 rings (SSSR count). The molecule has 1 aliphatic carbocycles. The molecule has 1 amide bonds. The summed E-state index contributed by atoms with van der Waals surface area (Å²) < 4.78 is 0. The van der Waals surface area contributed by atoms with Gasteiger partial charge in [0.05, 0.1) is 0 Å². The van der Waals surface area contributed by atoms with Gasteiger partial charge in [0.2, 0.25) is 5.91 Å². The monoisotopic (exact) mass is 240 g/mol. The number of carbonyl (C=O) groups excluding carboxylic acids is 1. The van der Waals surface area contributed by atoms with Crippen molar-refractivity contribution < 1.29 is 4.79 Å². The summed E-state index contributed by atoms with van der Waals surface area (Å²) >= 11 is 0. The van der Waals surface area contributed by atoms with E-state index in [0.29, 0.717) is 17.9 Å². The molecule has 0 aromatic heterocycles. The fraction of sp³-hybridized carbons (Fsp3) is 0.929. The Balaban J connectivity index is 2.14. The van der Waals surface area contributed by atoms with Crippen molar-refractivity contribution in [3.05, 3.63) is 0 Å². The lowest BCUT2D eigenvalue weighted by Gasteiger charge is -2.39. The van der Waals surface area contributed by atoms with Gasteiger partial charge in [0.25, 0.3) is 0 Å². The molecule has 17 heavy (non-hydrogen) atoms. The van der Waals surface area contributed by atoms with Crippen LogP contribution in [0.15, 0.2) is 0 Å². The minimum absolute atomic E-state index is 0.183. The van der Waals surface area contributed by atoms with Gasteiger partial charge in [0.1, 0.15) is 0 Å². The summed E-state index contributed by atoms with van der Waals surface area (Å²) in [7, 11) is 0. The molecule has 0 aromatic rings. The van der Waals surface area contributed by atoms with E-state index in [9.17, 15) is 4.79 Å². The van der Waals surface area contributed by atoms with Gasteiger partial charge >= 0.3 is 0 Å². The Morgan fingerprint density at radius 3 is 2.71 bits per heavy atom. The Kier molecular flexibility index (Phi) is 5.44. The average Bonchev–Trinajstić information content (AvgIpc) is 2.19. The molecule has 0 aromatic carbocycles. The molecule has 0 radical (unpaired) electrons. The van der Waals surface area contributed by atoms with Crippen molar-refractivity contribution in [2.45, 2.75) is 65.3 Å². The summed E-state index contributed by atoms with van der Waals surface area (Å²) in [4.78, 5) is 10.6. The summed E-state index contributed by atoms with van der Waals surface area (Å²) in [6, 6.07) is 0.664. The number of carbonyl (C=O) groups is 1. The predicted molar refractivity (Wildman–Crippen MR) is 71.6 cm³/mol. The Bertz CT molecular complexity index is 251. The molecule has 0 spiro atoms. The number of primary amides is 1. The van der Waals surface area contributed by atoms with Crippen molar-refractivity contribution in [1.82, 2.24) is 5.32 Å². The molecule has 2 atom stereocenters. The van der Waals surface area contributed by atoms with Crippen LogP contribution >= 0.6 is 0 Å². The van der Waals surface area contributed by atoms with Crippen LogP contribution in [0.25, 0.3) is 0 Å². The van der Waals surface area contributed by atoms with E-state index in [4.69, 9.17) is 5.73 Å². The first-order chi connectivity index (χ1) is 7.91. The zero-order valence-electron chi connectivity index (χ0n) is 11.6. The van der Waals surface area contributed by atoms with Crippen molar-refractivity contribution in [2.75, 3.05) is 6.54 Å². The van der Waals surface area contributed by atoms with Crippen molar-refractivity contribution in [2.24, 2.45) is 17.1 Å². The molecule has 1 aliphatic rings. The number of amides is 1. The zero-order valence-corrected chi connectivity index (χ0v) is 11.6. The van der Waals surface area contributed by atoms with Crippen LogP contribution in [-0.2, 0) is 4.79 Å². The van der Waals surface area contributed by atoms with Crippen LogP contribution in [0.5, 0.6) is 0 Å². The molecule has 100 valence electrons. The number of rotatable bonds is 6. The molecule has 3 heteroatoms. The van der Waals surface area contributed by atoms with Crippen LogP contribution in [0.2, 0.25) is 0 Å². The third kappa shape index (κ3) is 5.53. The molecule has 0 heterocycles. The number of hydrogen-bond acceptors (Lipinski definition) is 2. The maximum atomic E-state index is 10.6. The average molecular weight is 240 g/mol. The number of nitrogens with two attached hydrogens (primary N) is 1. The maximum Gasteiger partial charge on any atom is 0.217 e. The SMILES string of the molecule is CC1CC(C)(C)CCC1NCCCCC(N)=O. The lowest BCUT2D eigenvalue weighted by Crippen LogP contribution is -2.42. The molecule has 0 bridgehead atoms. The van der Waals surface area contributed by atoms with Gasteiger partial charge in [-0.15, -0.1) is 0 Å². The fourth-order valence-electron chi connectivity index (χ4n) is 2.96. The third-order valence-corrected chi connectivity index (χ3v) is 3.95. The minimum atomic E-state index is -0.183. The zero-order chi connectivity index (χ0) is 12.9. The lowest BCUT2D eigenvalue weighted by molar-refractivity contribution is -0.118. The molecule has 0 saturated heterocycles. The quantitative estimate of drug-likeness (QED) is 0.701. The van der Waals surface area contributed by atoms with Gasteiger partial charge in [0.15, 0.2) is 0 Å². The van der Waals surface area contributed by atoms with Gasteiger partial charge in [-0.3, -0.25) is 4.79 Å². The Labute approximate surface area is 106 Å². The molecular formula is C14H28N2O. The number of hydrogen-bond donors (Lipinski definition) is 2. The van der Waals surface area contributed by atoms with Crippen molar-refractivity contribution in [1.29, 1.82) is 0 Å². The standard InChI is InChI=1S/C14H28N2O/c1-11-10-14(2,3)8-7-12(11)16-9-5-4-6-13(15)17/h11-12,16H,4-10H2,1-3H3,(H2,15,17). The van der Waals surface area contributed by atoms with Gasteiger partial charge in [-0.25, -0.2) is 0 Å². The van der Waals surface area contributed by atoms with Gasteiger partial charge in [0, 0.05) is 12.5 Å².